The van der Waals surface area contributed by atoms with Crippen molar-refractivity contribution in [1.29, 1.82) is 0 Å². The topological polar surface area (TPSA) is 391 Å². The van der Waals surface area contributed by atoms with Gasteiger partial charge in [0.1, 0.15) is 5.78 Å². The van der Waals surface area contributed by atoms with Crippen LogP contribution in [0.15, 0.2) is 48.5 Å². The van der Waals surface area contributed by atoms with Crippen molar-refractivity contribution in [2.75, 3.05) is 307 Å². The van der Waals surface area contributed by atoms with Gasteiger partial charge in [0.05, 0.1) is 211 Å². The number of hydrogen-bond acceptors (Lipinski definition) is 27. The van der Waals surface area contributed by atoms with E-state index in [4.69, 9.17) is 86.0 Å². The van der Waals surface area contributed by atoms with E-state index in [2.05, 4.69) is 21.3 Å². The molecule has 9 N–H and O–H groups in total. The lowest BCUT2D eigenvalue weighted by atomic mass is 9.93. The van der Waals surface area contributed by atoms with Crippen molar-refractivity contribution in [3.05, 3.63) is 59.7 Å². The smallest absolute Gasteiger partial charge is 0.317 e. The van der Waals surface area contributed by atoms with E-state index in [1.165, 1.54) is 6.92 Å². The molecular formula is C75H126N10O24S2. The van der Waals surface area contributed by atoms with E-state index in [-0.39, 0.29) is 57.0 Å². The maximum atomic E-state index is 12.0. The summed E-state index contributed by atoms with van der Waals surface area (Å²) in [4.78, 5) is 82.1. The van der Waals surface area contributed by atoms with E-state index in [1.54, 1.807) is 4.90 Å². The standard InChI is InChI=1S/C75H126N10O24S2/c1-62(86)54-82-21-20-81(58-70(89)90)18-5-6-65(55-83(24-23-82)59-71(91)92)52-63-7-11-66(12-8-63)78-74(110)76-15-26-97-28-30-99-32-34-101-36-38-103-40-42-105-44-46-107-48-50-109-51-49-108-47-45-106-43-41-104-39-37-102-35-33-100-31-29-98-27-16-77-75(111)79-67-13-9-64(10-14-67)53-68-56-84(60-72(93)94)25-22-80(57-69(87)88)17-3-2-4-19-85(68)61-73(95)96/h7-14,65,68H,2-6,15-61H2,1H3,(H,87,88)(H,89,90)(H,91,92)(H,93,94)(H,95,96)(H2,76,78,110)(H2,77,79,111). The van der Waals surface area contributed by atoms with Crippen molar-refractivity contribution in [2.24, 2.45) is 5.92 Å². The number of hydrogen-bond donors (Lipinski definition) is 9. The van der Waals surface area contributed by atoms with Crippen LogP contribution in [0.3, 0.4) is 0 Å². The maximum Gasteiger partial charge on any atom is 0.317 e. The summed E-state index contributed by atoms with van der Waals surface area (Å²) in [5, 5.41) is 61.7. The Bertz CT molecular complexity index is 2820. The summed E-state index contributed by atoms with van der Waals surface area (Å²) in [5.74, 6) is -4.55. The summed E-state index contributed by atoms with van der Waals surface area (Å²) in [6.45, 7) is 18.7. The first-order valence-electron chi connectivity index (χ1n) is 38.6. The van der Waals surface area contributed by atoms with Gasteiger partial charge >= 0.3 is 29.8 Å². The van der Waals surface area contributed by atoms with E-state index in [1.807, 2.05) is 73.0 Å². The van der Waals surface area contributed by atoms with Crippen LogP contribution in [0.5, 0.6) is 0 Å². The van der Waals surface area contributed by atoms with Gasteiger partial charge in [-0.3, -0.25) is 58.2 Å². The summed E-state index contributed by atoms with van der Waals surface area (Å²) in [5.41, 5.74) is 3.62. The quantitative estimate of drug-likeness (QED) is 0.0338. The lowest BCUT2D eigenvalue weighted by Crippen LogP contribution is -2.50. The van der Waals surface area contributed by atoms with E-state index in [0.717, 1.165) is 61.0 Å². The maximum absolute atomic E-state index is 12.0. The van der Waals surface area contributed by atoms with Crippen molar-refractivity contribution in [3.63, 3.8) is 0 Å². The summed E-state index contributed by atoms with van der Waals surface area (Å²) >= 11 is 11.0. The minimum Gasteiger partial charge on any atom is -0.480 e. The molecule has 0 aromatic heterocycles. The van der Waals surface area contributed by atoms with Crippen molar-refractivity contribution in [3.8, 4) is 0 Å². The molecule has 0 bridgehead atoms. The van der Waals surface area contributed by atoms with Gasteiger partial charge in [-0.1, -0.05) is 30.7 Å². The second-order valence-corrected chi connectivity index (χ2v) is 27.5. The number of carboxylic acid groups (broad SMARTS) is 5. The molecule has 2 aromatic rings. The molecule has 632 valence electrons. The average molecular weight is 1620 g/mol. The lowest BCUT2D eigenvalue weighted by Gasteiger charge is -2.36. The number of anilines is 2. The Kier molecular flexibility index (Phi) is 56.5. The molecule has 4 rings (SSSR count). The molecule has 36 heteroatoms. The van der Waals surface area contributed by atoms with Crippen molar-refractivity contribution >= 4 is 81.7 Å². The van der Waals surface area contributed by atoms with E-state index < -0.39 is 29.8 Å². The molecule has 0 aliphatic carbocycles. The number of carboxylic acids is 5. The van der Waals surface area contributed by atoms with E-state index in [9.17, 15) is 54.3 Å². The van der Waals surface area contributed by atoms with Crippen LogP contribution in [0.25, 0.3) is 0 Å². The largest absolute Gasteiger partial charge is 0.480 e. The first kappa shape index (κ1) is 97.4. The minimum atomic E-state index is -1.01. The summed E-state index contributed by atoms with van der Waals surface area (Å²) in [6.07, 6.45) is 5.07. The first-order valence-corrected chi connectivity index (χ1v) is 39.4. The Morgan fingerprint density at radius 3 is 0.973 bits per heavy atom. The van der Waals surface area contributed by atoms with Crippen LogP contribution in [0, 0.1) is 5.92 Å². The molecule has 0 saturated carbocycles. The summed E-state index contributed by atoms with van der Waals surface area (Å²) in [7, 11) is 0. The van der Waals surface area contributed by atoms with E-state index >= 15 is 0 Å². The number of ether oxygens (including phenoxy) is 13. The van der Waals surface area contributed by atoms with Crippen molar-refractivity contribution in [2.45, 2.75) is 57.9 Å². The molecular weight excluding hydrogens is 1490 g/mol. The molecule has 2 atom stereocenters. The molecule has 34 nitrogen and oxygen atoms in total. The predicted molar refractivity (Wildman–Crippen MR) is 422 cm³/mol. The van der Waals surface area contributed by atoms with Gasteiger partial charge in [-0.05, 0) is 131 Å². The van der Waals surface area contributed by atoms with Gasteiger partial charge in [-0.25, -0.2) is 0 Å². The number of Topliss-reactive ketones (excluding diaryl/α,β-unsaturated/α-hetero) is 1. The van der Waals surface area contributed by atoms with Crippen molar-refractivity contribution < 1.29 is 116 Å². The zero-order chi connectivity index (χ0) is 80.0. The second-order valence-electron chi connectivity index (χ2n) is 26.7. The Morgan fingerprint density at radius 2 is 0.631 bits per heavy atom. The summed E-state index contributed by atoms with van der Waals surface area (Å²) < 4.78 is 72.6. The highest BCUT2D eigenvalue weighted by Crippen LogP contribution is 2.21. The molecule has 111 heavy (non-hydrogen) atoms. The molecule has 0 amide bonds. The van der Waals surface area contributed by atoms with Gasteiger partial charge < -0.3 is 108 Å². The highest BCUT2D eigenvalue weighted by atomic mass is 32.1. The molecule has 2 aromatic carbocycles. The number of ketones is 1. The number of aliphatic carboxylic acids is 5. The molecule has 2 unspecified atom stereocenters. The third-order valence-electron chi connectivity index (χ3n) is 17.4. The number of nitrogens with one attached hydrogen (secondary N) is 4. The van der Waals surface area contributed by atoms with Crippen LogP contribution in [-0.4, -0.2) is 403 Å². The average Bonchev–Trinajstić information content (AvgIpc) is 0.866. The third kappa shape index (κ3) is 54.5. The molecule has 0 spiro atoms. The Labute approximate surface area is 664 Å². The fourth-order valence-electron chi connectivity index (χ4n) is 12.1. The number of carbonyl (C=O) groups is 6. The number of thiocarbonyl (C=S) groups is 2. The third-order valence-corrected chi connectivity index (χ3v) is 17.9. The van der Waals surface area contributed by atoms with Gasteiger partial charge in [0.2, 0.25) is 0 Å². The van der Waals surface area contributed by atoms with Crippen LogP contribution in [-0.2, 0) is 103 Å². The van der Waals surface area contributed by atoms with Gasteiger partial charge in [-0.2, -0.15) is 0 Å². The SMILES string of the molecule is CC(=O)CN1CCN(CC(=O)O)CCCC(Cc2ccc(NC(=S)NCCOCCOCCOCCOCCOCCOCCOCCOCCOCCOCCOCCOCCOCCNC(=S)Nc3ccc(CC4CN(CC(=O)O)CCN(CC(=O)O)CCCCCN4CC(=O)O)cc3)cc2)CN(CC(=O)O)CC1. The van der Waals surface area contributed by atoms with Crippen molar-refractivity contribution in [1.82, 2.24) is 40.0 Å². The number of benzene rings is 2. The van der Waals surface area contributed by atoms with Crippen LogP contribution in [0.2, 0.25) is 0 Å². The van der Waals surface area contributed by atoms with Crippen LogP contribution in [0.1, 0.15) is 50.2 Å². The van der Waals surface area contributed by atoms with Crippen LogP contribution in [0.4, 0.5) is 11.4 Å². The van der Waals surface area contributed by atoms with Gasteiger partial charge in [0.25, 0.3) is 0 Å². The Balaban J connectivity index is 0.839. The molecule has 0 radical (unpaired) electrons. The van der Waals surface area contributed by atoms with E-state index in [0.29, 0.717) is 274 Å². The zero-order valence-electron chi connectivity index (χ0n) is 65.0. The molecule has 2 aliphatic rings. The number of rotatable bonds is 60. The molecule has 2 fully saturated rings. The highest BCUT2D eigenvalue weighted by Gasteiger charge is 2.27. The first-order chi connectivity index (χ1) is 53.9. The van der Waals surface area contributed by atoms with Crippen LogP contribution >= 0.6 is 24.4 Å². The van der Waals surface area contributed by atoms with Gasteiger partial charge in [-0.15, -0.1) is 0 Å². The fourth-order valence-corrected chi connectivity index (χ4v) is 12.5. The lowest BCUT2D eigenvalue weighted by molar-refractivity contribution is -0.141. The Morgan fingerprint density at radius 1 is 0.342 bits per heavy atom. The van der Waals surface area contributed by atoms with Crippen LogP contribution < -0.4 is 21.3 Å². The minimum absolute atomic E-state index is 0.00591. The highest BCUT2D eigenvalue weighted by molar-refractivity contribution is 7.80. The molecule has 2 aliphatic heterocycles. The van der Waals surface area contributed by atoms with Gasteiger partial charge in [0.15, 0.2) is 10.2 Å². The summed E-state index contributed by atoms with van der Waals surface area (Å²) in [6, 6.07) is 15.3. The molecule has 2 heterocycles. The number of nitrogens with zero attached hydrogens (tertiary/aromatic N) is 6. The Hall–Kier alpha value is -5.92. The normalized spacial score (nSPS) is 16.7. The zero-order valence-corrected chi connectivity index (χ0v) is 66.7. The fraction of sp³-hybridized carbons (Fsp3) is 0.733. The van der Waals surface area contributed by atoms with Gasteiger partial charge in [0, 0.05) is 82.9 Å². The molecule has 2 saturated heterocycles. The predicted octanol–water partition coefficient (Wildman–Crippen LogP) is 2.05. The number of carbonyl (C=O) groups excluding carboxylic acids is 1. The second kappa shape index (κ2) is 64.4. The monoisotopic (exact) mass is 1610 g/mol.